The monoisotopic (exact) mass is 504 g/mol. The van der Waals surface area contributed by atoms with Gasteiger partial charge < -0.3 is 18.9 Å². The van der Waals surface area contributed by atoms with Gasteiger partial charge >= 0.3 is 0 Å². The summed E-state index contributed by atoms with van der Waals surface area (Å²) < 4.78 is 23.9. The molecule has 0 atom stereocenters. The van der Waals surface area contributed by atoms with Gasteiger partial charge in [-0.25, -0.2) is 0 Å². The molecule has 0 aromatic carbocycles. The second-order valence-corrected chi connectivity index (χ2v) is 13.8. The highest BCUT2D eigenvalue weighted by Gasteiger charge is 2.10. The van der Waals surface area contributed by atoms with Gasteiger partial charge in [-0.05, 0) is 38.5 Å². The molecule has 0 rings (SSSR count). The Morgan fingerprint density at radius 1 is 0.424 bits per heavy atom. The predicted octanol–water partition coefficient (Wildman–Crippen LogP) is 6.87. The summed E-state index contributed by atoms with van der Waals surface area (Å²) in [4.78, 5) is 0. The lowest BCUT2D eigenvalue weighted by Gasteiger charge is -2.18. The minimum absolute atomic E-state index is 0.0465. The van der Waals surface area contributed by atoms with Crippen molar-refractivity contribution in [2.45, 2.75) is 148 Å². The first kappa shape index (κ1) is 33.3. The maximum atomic E-state index is 5.96. The van der Waals surface area contributed by atoms with E-state index < -0.39 is 0 Å². The quantitative estimate of drug-likeness (QED) is 0.0662. The summed E-state index contributed by atoms with van der Waals surface area (Å²) in [6.45, 7) is 12.3. The van der Waals surface area contributed by atoms with Gasteiger partial charge in [-0.3, -0.25) is 0 Å². The van der Waals surface area contributed by atoms with E-state index in [0.29, 0.717) is 0 Å². The van der Waals surface area contributed by atoms with E-state index in [1.807, 2.05) is 0 Å². The molecule has 0 aliphatic carbocycles. The second kappa shape index (κ2) is 28.5. The van der Waals surface area contributed by atoms with Gasteiger partial charge in [0.05, 0.1) is 0 Å². The molecule has 33 heavy (non-hydrogen) atoms. The molecule has 200 valence electrons. The molecule has 0 unspecified atom stereocenters. The summed E-state index contributed by atoms with van der Waals surface area (Å²) in [5.74, 6) is 0. The van der Waals surface area contributed by atoms with Gasteiger partial charge in [0.1, 0.15) is 0 Å². The molecule has 0 heterocycles. The molecular formula is C27H60O4Si2. The summed E-state index contributed by atoms with van der Waals surface area (Å²) in [6.07, 6.45) is 15.7. The second-order valence-electron chi connectivity index (χ2n) is 9.52. The topological polar surface area (TPSA) is 36.9 Å². The van der Waals surface area contributed by atoms with E-state index in [-0.39, 0.29) is 31.6 Å². The van der Waals surface area contributed by atoms with Crippen molar-refractivity contribution in [2.24, 2.45) is 0 Å². The lowest BCUT2D eigenvalue weighted by molar-refractivity contribution is -0.147. The van der Waals surface area contributed by atoms with Gasteiger partial charge in [-0.1, -0.05) is 96.8 Å². The summed E-state index contributed by atoms with van der Waals surface area (Å²) in [7, 11) is 0.232. The summed E-state index contributed by atoms with van der Waals surface area (Å²) in [5.41, 5.74) is 0. The zero-order valence-electron chi connectivity index (χ0n) is 23.1. The van der Waals surface area contributed by atoms with Crippen molar-refractivity contribution in [3.05, 3.63) is 0 Å². The fourth-order valence-electron chi connectivity index (χ4n) is 3.73. The van der Waals surface area contributed by atoms with Crippen molar-refractivity contribution in [2.75, 3.05) is 26.4 Å². The smallest absolute Gasteiger partial charge is 0.157 e. The Morgan fingerprint density at radius 3 is 1.03 bits per heavy atom. The third-order valence-electron chi connectivity index (χ3n) is 6.09. The van der Waals surface area contributed by atoms with Crippen LogP contribution >= 0.6 is 0 Å². The normalized spacial score (nSPS) is 12.5. The van der Waals surface area contributed by atoms with E-state index in [9.17, 15) is 0 Å². The van der Waals surface area contributed by atoms with Crippen LogP contribution in [0.15, 0.2) is 0 Å². The Morgan fingerprint density at radius 2 is 0.727 bits per heavy atom. The van der Waals surface area contributed by atoms with Crippen molar-refractivity contribution in [1.29, 1.82) is 0 Å². The molecule has 4 nitrogen and oxygen atoms in total. The van der Waals surface area contributed by atoms with E-state index in [2.05, 4.69) is 27.7 Å². The standard InChI is InChI=1S/C27H60O4Si2/c1-5-9-18-28-26(29-19-10-6-2)16-13-22-32-24-15-25-33-23-14-17-27(30-20-11-7-3)31-21-12-8-4/h26-27H,5-25,32-33H2,1-4H3. The Kier molecular flexibility index (Phi) is 28.7. The number of ether oxygens (including phenoxy) is 4. The van der Waals surface area contributed by atoms with Crippen LogP contribution in [0.4, 0.5) is 0 Å². The zero-order valence-corrected chi connectivity index (χ0v) is 25.9. The molecule has 0 aromatic heterocycles. The first-order valence-corrected chi connectivity index (χ1v) is 18.7. The number of unbranched alkanes of at least 4 members (excludes halogenated alkanes) is 4. The molecule has 0 saturated heterocycles. The third-order valence-corrected chi connectivity index (χ3v) is 10.1. The molecule has 0 aromatic rings. The first-order valence-electron chi connectivity index (χ1n) is 14.7. The van der Waals surface area contributed by atoms with E-state index in [4.69, 9.17) is 18.9 Å². The number of hydrogen-bond acceptors (Lipinski definition) is 4. The van der Waals surface area contributed by atoms with Gasteiger partial charge in [-0.15, -0.1) is 0 Å². The van der Waals surface area contributed by atoms with Crippen LogP contribution in [-0.4, -0.2) is 58.0 Å². The molecule has 0 spiro atoms. The van der Waals surface area contributed by atoms with E-state index >= 15 is 0 Å². The average molecular weight is 505 g/mol. The predicted molar refractivity (Wildman–Crippen MR) is 150 cm³/mol. The van der Waals surface area contributed by atoms with Crippen LogP contribution in [-0.2, 0) is 18.9 Å². The Balaban J connectivity index is 3.66. The Bertz CT molecular complexity index is 309. The van der Waals surface area contributed by atoms with Crippen LogP contribution in [0.25, 0.3) is 0 Å². The van der Waals surface area contributed by atoms with Crippen LogP contribution < -0.4 is 0 Å². The van der Waals surface area contributed by atoms with Crippen molar-refractivity contribution in [3.63, 3.8) is 0 Å². The van der Waals surface area contributed by atoms with E-state index in [1.165, 1.54) is 69.1 Å². The number of rotatable bonds is 28. The fraction of sp³-hybridized carbons (Fsp3) is 1.00. The van der Waals surface area contributed by atoms with Crippen molar-refractivity contribution in [1.82, 2.24) is 0 Å². The lowest BCUT2D eigenvalue weighted by atomic mass is 10.3. The Labute approximate surface area is 212 Å². The summed E-state index contributed by atoms with van der Waals surface area (Å²) in [5, 5.41) is 0. The van der Waals surface area contributed by atoms with Crippen LogP contribution in [0.1, 0.15) is 111 Å². The van der Waals surface area contributed by atoms with Gasteiger partial charge in [0.25, 0.3) is 0 Å². The van der Waals surface area contributed by atoms with Crippen LogP contribution in [0, 0.1) is 0 Å². The summed E-state index contributed by atoms with van der Waals surface area (Å²) >= 11 is 0. The molecule has 0 aliphatic heterocycles. The van der Waals surface area contributed by atoms with E-state index in [0.717, 1.165) is 65.0 Å². The molecule has 0 radical (unpaired) electrons. The third kappa shape index (κ3) is 25.2. The molecule has 0 aliphatic rings. The minimum atomic E-state index is 0.0465. The molecule has 6 heteroatoms. The lowest BCUT2D eigenvalue weighted by Crippen LogP contribution is -2.19. The van der Waals surface area contributed by atoms with Crippen LogP contribution in [0.2, 0.25) is 24.2 Å². The van der Waals surface area contributed by atoms with Crippen molar-refractivity contribution >= 4 is 19.0 Å². The molecule has 0 bridgehead atoms. The molecule has 0 amide bonds. The van der Waals surface area contributed by atoms with Crippen LogP contribution in [0.5, 0.6) is 0 Å². The van der Waals surface area contributed by atoms with Gasteiger partial charge in [0.2, 0.25) is 0 Å². The molecule has 0 N–H and O–H groups in total. The highest BCUT2D eigenvalue weighted by atomic mass is 28.2. The molecule has 0 saturated carbocycles. The zero-order chi connectivity index (χ0) is 24.2. The molecule has 0 fully saturated rings. The SMILES string of the molecule is CCCCOC(CCC[SiH2]CCC[SiH2]CCCC(OCCCC)OCCCC)OCCCC. The van der Waals surface area contributed by atoms with E-state index in [1.54, 1.807) is 0 Å². The highest BCUT2D eigenvalue weighted by Crippen LogP contribution is 2.12. The van der Waals surface area contributed by atoms with Crippen molar-refractivity contribution in [3.8, 4) is 0 Å². The van der Waals surface area contributed by atoms with Gasteiger partial charge in [0, 0.05) is 45.5 Å². The highest BCUT2D eigenvalue weighted by molar-refractivity contribution is 6.37. The average Bonchev–Trinajstić information content (AvgIpc) is 2.82. The summed E-state index contributed by atoms with van der Waals surface area (Å²) in [6, 6.07) is 5.98. The first-order chi connectivity index (χ1) is 16.3. The van der Waals surface area contributed by atoms with Gasteiger partial charge in [-0.2, -0.15) is 0 Å². The maximum Gasteiger partial charge on any atom is 0.157 e. The number of hydrogen-bond donors (Lipinski definition) is 0. The minimum Gasteiger partial charge on any atom is -0.353 e. The van der Waals surface area contributed by atoms with Crippen molar-refractivity contribution < 1.29 is 18.9 Å². The fourth-order valence-corrected chi connectivity index (χ4v) is 7.84. The van der Waals surface area contributed by atoms with Gasteiger partial charge in [0.15, 0.2) is 12.6 Å². The largest absolute Gasteiger partial charge is 0.353 e. The van der Waals surface area contributed by atoms with Crippen LogP contribution in [0.3, 0.4) is 0 Å². The molecular weight excluding hydrogens is 444 g/mol. The Hall–Kier alpha value is 0.274. The maximum absolute atomic E-state index is 5.96.